The fourth-order valence-corrected chi connectivity index (χ4v) is 3.58. The van der Waals surface area contributed by atoms with Crippen LogP contribution in [0.4, 0.5) is 0 Å². The number of piperidine rings is 1. The Morgan fingerprint density at radius 1 is 1.04 bits per heavy atom. The first-order chi connectivity index (χ1) is 13.7. The summed E-state index contributed by atoms with van der Waals surface area (Å²) in [5.74, 6) is 0.255. The van der Waals surface area contributed by atoms with Crippen molar-refractivity contribution in [3.63, 3.8) is 0 Å². The minimum atomic E-state index is -0.598. The van der Waals surface area contributed by atoms with Gasteiger partial charge in [0.2, 0.25) is 5.91 Å². The lowest BCUT2D eigenvalue weighted by atomic mass is 9.96. The molecule has 0 bridgehead atoms. The fourth-order valence-electron chi connectivity index (χ4n) is 3.58. The van der Waals surface area contributed by atoms with Crippen LogP contribution in [0.2, 0.25) is 0 Å². The van der Waals surface area contributed by atoms with Gasteiger partial charge in [-0.05, 0) is 56.0 Å². The van der Waals surface area contributed by atoms with Crippen LogP contribution in [0.5, 0.6) is 0 Å². The summed E-state index contributed by atoms with van der Waals surface area (Å²) >= 11 is 0. The highest BCUT2D eigenvalue weighted by molar-refractivity contribution is 5.97. The van der Waals surface area contributed by atoms with Crippen molar-refractivity contribution in [3.05, 3.63) is 71.8 Å². The van der Waals surface area contributed by atoms with E-state index < -0.39 is 6.04 Å². The van der Waals surface area contributed by atoms with Gasteiger partial charge in [0.15, 0.2) is 0 Å². The largest absolute Gasteiger partial charge is 0.354 e. The Hall–Kier alpha value is -2.66. The van der Waals surface area contributed by atoms with Gasteiger partial charge in [-0.25, -0.2) is 0 Å². The zero-order chi connectivity index (χ0) is 19.6. The molecule has 3 rings (SSSR count). The minimum absolute atomic E-state index is 0.128. The summed E-state index contributed by atoms with van der Waals surface area (Å²) in [6.45, 7) is 2.75. The number of rotatable bonds is 8. The molecule has 1 aliphatic rings. The highest BCUT2D eigenvalue weighted by Gasteiger charge is 2.22. The zero-order valence-electron chi connectivity index (χ0n) is 16.2. The van der Waals surface area contributed by atoms with Gasteiger partial charge in [0.1, 0.15) is 6.04 Å². The molecule has 5 heteroatoms. The third-order valence-corrected chi connectivity index (χ3v) is 5.19. The van der Waals surface area contributed by atoms with E-state index in [2.05, 4.69) is 16.0 Å². The van der Waals surface area contributed by atoms with E-state index in [1.54, 1.807) is 12.1 Å². The van der Waals surface area contributed by atoms with Gasteiger partial charge in [0.05, 0.1) is 0 Å². The van der Waals surface area contributed by atoms with E-state index in [4.69, 9.17) is 0 Å². The maximum atomic E-state index is 12.8. The average molecular weight is 380 g/mol. The summed E-state index contributed by atoms with van der Waals surface area (Å²) in [4.78, 5) is 25.4. The van der Waals surface area contributed by atoms with Gasteiger partial charge in [0, 0.05) is 18.5 Å². The molecular formula is C23H29N3O2. The minimum Gasteiger partial charge on any atom is -0.354 e. The van der Waals surface area contributed by atoms with Crippen LogP contribution in [-0.4, -0.2) is 37.5 Å². The lowest BCUT2D eigenvalue weighted by Gasteiger charge is -2.23. The second-order valence-corrected chi connectivity index (χ2v) is 7.37. The fraction of sp³-hybridized carbons (Fsp3) is 0.391. The van der Waals surface area contributed by atoms with Crippen LogP contribution < -0.4 is 16.0 Å². The Morgan fingerprint density at radius 2 is 1.75 bits per heavy atom. The van der Waals surface area contributed by atoms with E-state index in [1.165, 1.54) is 12.8 Å². The molecule has 1 fully saturated rings. The van der Waals surface area contributed by atoms with E-state index in [9.17, 15) is 9.59 Å². The summed E-state index contributed by atoms with van der Waals surface area (Å²) in [5.41, 5.74) is 1.58. The lowest BCUT2D eigenvalue weighted by molar-refractivity contribution is -0.123. The van der Waals surface area contributed by atoms with Gasteiger partial charge in [-0.15, -0.1) is 0 Å². The Bertz CT molecular complexity index is 743. The second-order valence-electron chi connectivity index (χ2n) is 7.37. The standard InChI is InChI=1S/C23H29N3O2/c27-22(20-11-5-2-6-12-20)26-21(16-18-8-3-1-4-9-18)23(28)25-15-13-19-10-7-14-24-17-19/h1-6,8-9,11-12,19,21,24H,7,10,13-17H2,(H,25,28)(H,26,27)/t19-,21+/m1/s1. The number of carbonyl (C=O) groups is 2. The van der Waals surface area contributed by atoms with Crippen molar-refractivity contribution in [3.8, 4) is 0 Å². The van der Waals surface area contributed by atoms with Crippen LogP contribution in [0.1, 0.15) is 35.2 Å². The normalized spacial score (nSPS) is 17.5. The molecule has 3 N–H and O–H groups in total. The molecule has 1 aliphatic heterocycles. The topological polar surface area (TPSA) is 70.2 Å². The highest BCUT2D eigenvalue weighted by atomic mass is 16.2. The molecule has 2 aromatic rings. The van der Waals surface area contributed by atoms with E-state index in [0.717, 1.165) is 25.1 Å². The summed E-state index contributed by atoms with van der Waals surface area (Å²) in [7, 11) is 0. The number of carbonyl (C=O) groups excluding carboxylic acids is 2. The van der Waals surface area contributed by atoms with Crippen LogP contribution in [0.15, 0.2) is 60.7 Å². The third-order valence-electron chi connectivity index (χ3n) is 5.19. The van der Waals surface area contributed by atoms with E-state index in [-0.39, 0.29) is 11.8 Å². The first-order valence-electron chi connectivity index (χ1n) is 10.1. The number of benzene rings is 2. The molecule has 148 valence electrons. The molecule has 0 aromatic heterocycles. The van der Waals surface area contributed by atoms with Crippen molar-refractivity contribution < 1.29 is 9.59 Å². The highest BCUT2D eigenvalue weighted by Crippen LogP contribution is 2.13. The molecule has 1 heterocycles. The summed E-state index contributed by atoms with van der Waals surface area (Å²) in [6, 6.07) is 18.2. The predicted octanol–water partition coefficient (Wildman–Crippen LogP) is 2.53. The number of amides is 2. The number of hydrogen-bond acceptors (Lipinski definition) is 3. The maximum Gasteiger partial charge on any atom is 0.251 e. The Morgan fingerprint density at radius 3 is 2.43 bits per heavy atom. The van der Waals surface area contributed by atoms with Crippen LogP contribution in [0.3, 0.4) is 0 Å². The predicted molar refractivity (Wildman–Crippen MR) is 111 cm³/mol. The third kappa shape index (κ3) is 6.20. The SMILES string of the molecule is O=C(N[C@@H](Cc1ccccc1)C(=O)NCC[C@H]1CCCNC1)c1ccccc1. The molecule has 0 spiro atoms. The van der Waals surface area contributed by atoms with Crippen molar-refractivity contribution in [1.82, 2.24) is 16.0 Å². The van der Waals surface area contributed by atoms with Gasteiger partial charge in [0.25, 0.3) is 5.91 Å². The molecule has 28 heavy (non-hydrogen) atoms. The first-order valence-corrected chi connectivity index (χ1v) is 10.1. The monoisotopic (exact) mass is 379 g/mol. The molecular weight excluding hydrogens is 350 g/mol. The smallest absolute Gasteiger partial charge is 0.251 e. The number of nitrogens with one attached hydrogen (secondary N) is 3. The Labute approximate surface area is 166 Å². The zero-order valence-corrected chi connectivity index (χ0v) is 16.2. The maximum absolute atomic E-state index is 12.8. The van der Waals surface area contributed by atoms with Gasteiger partial charge in [-0.2, -0.15) is 0 Å². The summed E-state index contributed by atoms with van der Waals surface area (Å²) in [6.07, 6.45) is 3.84. The molecule has 5 nitrogen and oxygen atoms in total. The molecule has 2 aromatic carbocycles. The van der Waals surface area contributed by atoms with Crippen molar-refractivity contribution in [2.75, 3.05) is 19.6 Å². The average Bonchev–Trinajstić information content (AvgIpc) is 2.75. The van der Waals surface area contributed by atoms with Gasteiger partial charge in [-0.1, -0.05) is 48.5 Å². The Kier molecular flexibility index (Phi) is 7.62. The van der Waals surface area contributed by atoms with E-state index >= 15 is 0 Å². The summed E-state index contributed by atoms with van der Waals surface area (Å²) < 4.78 is 0. The van der Waals surface area contributed by atoms with E-state index in [1.807, 2.05) is 48.5 Å². The van der Waals surface area contributed by atoms with Gasteiger partial charge < -0.3 is 16.0 Å². The van der Waals surface area contributed by atoms with Crippen LogP contribution in [-0.2, 0) is 11.2 Å². The molecule has 2 atom stereocenters. The molecule has 1 saturated heterocycles. The van der Waals surface area contributed by atoms with Crippen molar-refractivity contribution in [2.45, 2.75) is 31.7 Å². The van der Waals surface area contributed by atoms with Crippen LogP contribution in [0.25, 0.3) is 0 Å². The van der Waals surface area contributed by atoms with E-state index in [0.29, 0.717) is 24.4 Å². The van der Waals surface area contributed by atoms with Crippen LogP contribution in [0, 0.1) is 5.92 Å². The first kappa shape index (κ1) is 20.1. The van der Waals surface area contributed by atoms with Crippen molar-refractivity contribution in [1.29, 1.82) is 0 Å². The molecule has 0 radical (unpaired) electrons. The quantitative estimate of drug-likeness (QED) is 0.660. The van der Waals surface area contributed by atoms with Gasteiger partial charge >= 0.3 is 0 Å². The number of hydrogen-bond donors (Lipinski definition) is 3. The molecule has 2 amide bonds. The second kappa shape index (κ2) is 10.6. The van der Waals surface area contributed by atoms with Gasteiger partial charge in [-0.3, -0.25) is 9.59 Å². The van der Waals surface area contributed by atoms with Crippen molar-refractivity contribution >= 4 is 11.8 Å². The van der Waals surface area contributed by atoms with Crippen molar-refractivity contribution in [2.24, 2.45) is 5.92 Å². The molecule has 0 aliphatic carbocycles. The molecule has 0 saturated carbocycles. The lowest BCUT2D eigenvalue weighted by Crippen LogP contribution is -2.48. The summed E-state index contributed by atoms with van der Waals surface area (Å²) in [5, 5.41) is 9.34. The van der Waals surface area contributed by atoms with Crippen LogP contribution >= 0.6 is 0 Å². The Balaban J connectivity index is 1.59. The molecule has 0 unspecified atom stereocenters.